The number of halogens is 1. The molecule has 0 aliphatic carbocycles. The summed E-state index contributed by atoms with van der Waals surface area (Å²) in [4.78, 5) is 24.0. The number of nitrogens with one attached hydrogen (secondary N) is 2. The van der Waals surface area contributed by atoms with Gasteiger partial charge in [0.25, 0.3) is 5.91 Å². The predicted molar refractivity (Wildman–Crippen MR) is 105 cm³/mol. The number of anilines is 1. The number of amides is 1. The minimum absolute atomic E-state index is 0.105. The molecule has 0 aliphatic rings. The summed E-state index contributed by atoms with van der Waals surface area (Å²) >= 11 is 7.32. The van der Waals surface area contributed by atoms with Crippen molar-refractivity contribution in [3.05, 3.63) is 62.7 Å². The first-order valence-electron chi connectivity index (χ1n) is 6.97. The number of carbonyl (C=O) groups excluding carboxylic acids is 2. The number of carbonyl (C=O) groups is 2. The first-order chi connectivity index (χ1) is 11.4. The van der Waals surface area contributed by atoms with Crippen LogP contribution in [-0.2, 0) is 4.74 Å². The molecule has 0 bridgehead atoms. The van der Waals surface area contributed by atoms with E-state index in [1.165, 1.54) is 7.11 Å². The van der Waals surface area contributed by atoms with E-state index in [-0.39, 0.29) is 11.0 Å². The number of thiocarbonyl (C=S) groups is 1. The van der Waals surface area contributed by atoms with Crippen LogP contribution in [0.3, 0.4) is 0 Å². The molecule has 0 aliphatic heterocycles. The molecule has 7 heteroatoms. The molecule has 0 unspecified atom stereocenters. The van der Waals surface area contributed by atoms with Crippen molar-refractivity contribution in [3.8, 4) is 0 Å². The normalized spacial score (nSPS) is 9.96. The van der Waals surface area contributed by atoms with Crippen LogP contribution in [0.15, 0.2) is 42.5 Å². The lowest BCUT2D eigenvalue weighted by atomic mass is 10.1. The molecule has 0 heterocycles. The number of hydrogen-bond donors (Lipinski definition) is 2. The van der Waals surface area contributed by atoms with Crippen molar-refractivity contribution >= 4 is 57.5 Å². The minimum atomic E-state index is -0.486. The first-order valence-corrected chi connectivity index (χ1v) is 8.46. The van der Waals surface area contributed by atoms with Crippen molar-refractivity contribution < 1.29 is 14.3 Å². The number of rotatable bonds is 3. The topological polar surface area (TPSA) is 67.4 Å². The highest BCUT2D eigenvalue weighted by atomic mass is 127. The lowest BCUT2D eigenvalue weighted by Gasteiger charge is -2.12. The number of benzene rings is 2. The summed E-state index contributed by atoms with van der Waals surface area (Å²) in [5.41, 5.74) is 2.31. The molecule has 0 saturated carbocycles. The Hall–Kier alpha value is -2.00. The van der Waals surface area contributed by atoms with Crippen molar-refractivity contribution in [2.24, 2.45) is 0 Å². The lowest BCUT2D eigenvalue weighted by molar-refractivity contribution is 0.0602. The Morgan fingerprint density at radius 1 is 1.17 bits per heavy atom. The lowest BCUT2D eigenvalue weighted by Crippen LogP contribution is -2.34. The van der Waals surface area contributed by atoms with E-state index in [9.17, 15) is 9.59 Å². The van der Waals surface area contributed by atoms with Crippen LogP contribution in [-0.4, -0.2) is 24.1 Å². The molecule has 0 aromatic heterocycles. The maximum Gasteiger partial charge on any atom is 0.339 e. The van der Waals surface area contributed by atoms with E-state index in [1.54, 1.807) is 36.4 Å². The Labute approximate surface area is 158 Å². The zero-order valence-electron chi connectivity index (χ0n) is 13.1. The molecule has 0 radical (unpaired) electrons. The van der Waals surface area contributed by atoms with Crippen LogP contribution in [0.4, 0.5) is 5.69 Å². The molecule has 0 atom stereocenters. The Morgan fingerprint density at radius 2 is 1.88 bits per heavy atom. The van der Waals surface area contributed by atoms with E-state index in [0.29, 0.717) is 16.8 Å². The third-order valence-electron chi connectivity index (χ3n) is 3.11. The van der Waals surface area contributed by atoms with Gasteiger partial charge in [0, 0.05) is 9.13 Å². The average molecular weight is 454 g/mol. The van der Waals surface area contributed by atoms with Gasteiger partial charge in [-0.15, -0.1) is 0 Å². The second-order valence-electron chi connectivity index (χ2n) is 4.96. The Morgan fingerprint density at radius 3 is 2.54 bits per heavy atom. The summed E-state index contributed by atoms with van der Waals surface area (Å²) in [6.07, 6.45) is 0. The van der Waals surface area contributed by atoms with Gasteiger partial charge in [-0.25, -0.2) is 4.79 Å². The molecular formula is C17H15IN2O3S. The highest BCUT2D eigenvalue weighted by Gasteiger charge is 2.14. The van der Waals surface area contributed by atoms with E-state index in [2.05, 4.69) is 33.2 Å². The number of hydrogen-bond acceptors (Lipinski definition) is 4. The third kappa shape index (κ3) is 4.75. The standard InChI is InChI=1S/C17H15IN2O3S/c1-10-7-11(9-12(18)8-10)15(21)20-17(24)19-14-6-4-3-5-13(14)16(22)23-2/h3-9H,1-2H3,(H2,19,20,21,24). The molecule has 2 aromatic carbocycles. The van der Waals surface area contributed by atoms with E-state index in [4.69, 9.17) is 17.0 Å². The van der Waals surface area contributed by atoms with Crippen LogP contribution in [0.2, 0.25) is 0 Å². The molecule has 24 heavy (non-hydrogen) atoms. The van der Waals surface area contributed by atoms with Crippen LogP contribution in [0, 0.1) is 10.5 Å². The van der Waals surface area contributed by atoms with Crippen LogP contribution < -0.4 is 10.6 Å². The molecule has 0 spiro atoms. The number of methoxy groups -OCH3 is 1. The second kappa shape index (κ2) is 8.20. The van der Waals surface area contributed by atoms with E-state index in [1.807, 2.05) is 13.0 Å². The molecule has 0 fully saturated rings. The fraction of sp³-hybridized carbons (Fsp3) is 0.118. The van der Waals surface area contributed by atoms with Gasteiger partial charge in [0.15, 0.2) is 5.11 Å². The molecule has 124 valence electrons. The number of para-hydroxylation sites is 1. The summed E-state index contributed by atoms with van der Waals surface area (Å²) in [7, 11) is 1.30. The van der Waals surface area contributed by atoms with Crippen LogP contribution in [0.25, 0.3) is 0 Å². The monoisotopic (exact) mass is 454 g/mol. The summed E-state index contributed by atoms with van der Waals surface area (Å²) in [5.74, 6) is -0.801. The maximum atomic E-state index is 12.3. The first kappa shape index (κ1) is 18.3. The summed E-state index contributed by atoms with van der Waals surface area (Å²) < 4.78 is 5.69. The molecule has 0 saturated heterocycles. The van der Waals surface area contributed by atoms with Gasteiger partial charge in [0.2, 0.25) is 0 Å². The van der Waals surface area contributed by atoms with Gasteiger partial charge in [-0.05, 0) is 77.6 Å². The quantitative estimate of drug-likeness (QED) is 0.422. The molecule has 2 N–H and O–H groups in total. The number of ether oxygens (including phenoxy) is 1. The zero-order valence-corrected chi connectivity index (χ0v) is 16.0. The molecular weight excluding hydrogens is 439 g/mol. The largest absolute Gasteiger partial charge is 0.465 e. The maximum absolute atomic E-state index is 12.3. The highest BCUT2D eigenvalue weighted by molar-refractivity contribution is 14.1. The Bertz CT molecular complexity index is 788. The van der Waals surface area contributed by atoms with Crippen LogP contribution in [0.1, 0.15) is 26.3 Å². The van der Waals surface area contributed by atoms with Crippen molar-refractivity contribution in [2.75, 3.05) is 12.4 Å². The summed E-state index contributed by atoms with van der Waals surface area (Å²) in [5, 5.41) is 5.57. The smallest absolute Gasteiger partial charge is 0.339 e. The third-order valence-corrected chi connectivity index (χ3v) is 3.94. The highest BCUT2D eigenvalue weighted by Crippen LogP contribution is 2.16. The van der Waals surface area contributed by atoms with Gasteiger partial charge < -0.3 is 10.1 Å². The SMILES string of the molecule is COC(=O)c1ccccc1NC(=S)NC(=O)c1cc(C)cc(I)c1. The Kier molecular flexibility index (Phi) is 6.27. The fourth-order valence-corrected chi connectivity index (χ4v) is 3.11. The van der Waals surface area contributed by atoms with E-state index in [0.717, 1.165) is 9.13 Å². The van der Waals surface area contributed by atoms with Crippen LogP contribution >= 0.6 is 34.8 Å². The molecule has 2 rings (SSSR count). The van der Waals surface area contributed by atoms with Crippen molar-refractivity contribution in [1.29, 1.82) is 0 Å². The second-order valence-corrected chi connectivity index (χ2v) is 6.62. The van der Waals surface area contributed by atoms with Crippen molar-refractivity contribution in [3.63, 3.8) is 0 Å². The fourth-order valence-electron chi connectivity index (χ4n) is 2.08. The van der Waals surface area contributed by atoms with Crippen LogP contribution in [0.5, 0.6) is 0 Å². The Balaban J connectivity index is 2.11. The van der Waals surface area contributed by atoms with Crippen molar-refractivity contribution in [1.82, 2.24) is 5.32 Å². The van der Waals surface area contributed by atoms with Gasteiger partial charge in [-0.2, -0.15) is 0 Å². The predicted octanol–water partition coefficient (Wildman–Crippen LogP) is 3.51. The van der Waals surface area contributed by atoms with Gasteiger partial charge in [-0.1, -0.05) is 12.1 Å². The van der Waals surface area contributed by atoms with E-state index >= 15 is 0 Å². The number of esters is 1. The van der Waals surface area contributed by atoms with Gasteiger partial charge >= 0.3 is 5.97 Å². The number of aryl methyl sites for hydroxylation is 1. The molecule has 1 amide bonds. The summed E-state index contributed by atoms with van der Waals surface area (Å²) in [6, 6.07) is 12.3. The average Bonchev–Trinajstić information content (AvgIpc) is 2.53. The molecule has 5 nitrogen and oxygen atoms in total. The van der Waals surface area contributed by atoms with Gasteiger partial charge in [0.1, 0.15) is 0 Å². The van der Waals surface area contributed by atoms with Gasteiger partial charge in [0.05, 0.1) is 18.4 Å². The van der Waals surface area contributed by atoms with E-state index < -0.39 is 5.97 Å². The molecule has 2 aromatic rings. The summed E-state index contributed by atoms with van der Waals surface area (Å²) in [6.45, 7) is 1.92. The van der Waals surface area contributed by atoms with Gasteiger partial charge in [-0.3, -0.25) is 10.1 Å². The minimum Gasteiger partial charge on any atom is -0.465 e. The zero-order chi connectivity index (χ0) is 17.7. The van der Waals surface area contributed by atoms with Crippen molar-refractivity contribution in [2.45, 2.75) is 6.92 Å².